The van der Waals surface area contributed by atoms with Crippen LogP contribution < -0.4 is 4.90 Å². The maximum Gasteiger partial charge on any atom is 0.282 e. The molecule has 6 heteroatoms. The zero-order chi connectivity index (χ0) is 19.7. The van der Waals surface area contributed by atoms with E-state index in [1.165, 1.54) is 17.0 Å². The van der Waals surface area contributed by atoms with Crippen molar-refractivity contribution in [1.29, 1.82) is 0 Å². The fourth-order valence-corrected chi connectivity index (χ4v) is 3.44. The van der Waals surface area contributed by atoms with Gasteiger partial charge >= 0.3 is 0 Å². The molecule has 3 nitrogen and oxygen atoms in total. The Morgan fingerprint density at radius 2 is 1.71 bits per heavy atom. The standard InChI is InChI=1S/C22H13BrClFN2O/c23-16-3-1-2-14(12-16)13-20-22(28)27(19-10-6-17(24)7-11-19)21(26-20)15-4-8-18(25)9-5-15/h1-13H/b20-13+. The quantitative estimate of drug-likeness (QED) is 0.441. The van der Waals surface area contributed by atoms with E-state index in [2.05, 4.69) is 20.9 Å². The third-order valence-electron chi connectivity index (χ3n) is 4.20. The fraction of sp³-hybridized carbons (Fsp3) is 0. The van der Waals surface area contributed by atoms with Crippen LogP contribution in [0.15, 0.2) is 88.0 Å². The molecule has 1 aliphatic heterocycles. The van der Waals surface area contributed by atoms with E-state index in [0.29, 0.717) is 27.8 Å². The molecule has 0 saturated carbocycles. The summed E-state index contributed by atoms with van der Waals surface area (Å²) in [7, 11) is 0. The third-order valence-corrected chi connectivity index (χ3v) is 4.94. The van der Waals surface area contributed by atoms with E-state index in [4.69, 9.17) is 11.6 Å². The maximum absolute atomic E-state index is 13.4. The van der Waals surface area contributed by atoms with Crippen molar-refractivity contribution in [3.8, 4) is 0 Å². The molecule has 0 spiro atoms. The first kappa shape index (κ1) is 18.6. The van der Waals surface area contributed by atoms with Gasteiger partial charge in [-0.15, -0.1) is 0 Å². The Balaban J connectivity index is 1.82. The van der Waals surface area contributed by atoms with Gasteiger partial charge in [0.2, 0.25) is 0 Å². The normalized spacial score (nSPS) is 15.2. The highest BCUT2D eigenvalue weighted by Crippen LogP contribution is 2.29. The van der Waals surface area contributed by atoms with Crippen molar-refractivity contribution in [3.63, 3.8) is 0 Å². The summed E-state index contributed by atoms with van der Waals surface area (Å²) in [5.41, 5.74) is 2.42. The topological polar surface area (TPSA) is 32.7 Å². The monoisotopic (exact) mass is 454 g/mol. The molecule has 0 aliphatic carbocycles. The molecule has 1 amide bonds. The number of carbonyl (C=O) groups excluding carboxylic acids is 1. The highest BCUT2D eigenvalue weighted by atomic mass is 79.9. The van der Waals surface area contributed by atoms with Gasteiger partial charge in [0.25, 0.3) is 5.91 Å². The Kier molecular flexibility index (Phi) is 5.11. The lowest BCUT2D eigenvalue weighted by Gasteiger charge is -2.18. The summed E-state index contributed by atoms with van der Waals surface area (Å²) in [4.78, 5) is 19.2. The summed E-state index contributed by atoms with van der Waals surface area (Å²) >= 11 is 9.41. The fourth-order valence-electron chi connectivity index (χ4n) is 2.89. The second-order valence-corrected chi connectivity index (χ2v) is 7.50. The van der Waals surface area contributed by atoms with Gasteiger partial charge in [-0.3, -0.25) is 9.69 Å². The van der Waals surface area contributed by atoms with Crippen molar-refractivity contribution >= 4 is 51.0 Å². The van der Waals surface area contributed by atoms with Gasteiger partial charge < -0.3 is 0 Å². The van der Waals surface area contributed by atoms with E-state index in [1.54, 1.807) is 42.5 Å². The molecule has 3 aromatic carbocycles. The van der Waals surface area contributed by atoms with Gasteiger partial charge in [0, 0.05) is 15.1 Å². The molecular weight excluding hydrogens is 443 g/mol. The summed E-state index contributed by atoms with van der Waals surface area (Å²) in [5, 5.41) is 0.570. The van der Waals surface area contributed by atoms with Crippen molar-refractivity contribution in [2.24, 2.45) is 4.99 Å². The van der Waals surface area contributed by atoms with Crippen LogP contribution in [-0.2, 0) is 4.79 Å². The van der Waals surface area contributed by atoms with Gasteiger partial charge in [0.15, 0.2) is 0 Å². The predicted molar refractivity (Wildman–Crippen MR) is 114 cm³/mol. The second kappa shape index (κ2) is 7.70. The van der Waals surface area contributed by atoms with Gasteiger partial charge in [0.05, 0.1) is 5.69 Å². The largest absolute Gasteiger partial charge is 0.282 e. The van der Waals surface area contributed by atoms with Crippen LogP contribution in [-0.4, -0.2) is 11.7 Å². The number of halogens is 3. The summed E-state index contributed by atoms with van der Waals surface area (Å²) in [6.07, 6.45) is 1.73. The Morgan fingerprint density at radius 3 is 2.39 bits per heavy atom. The molecule has 0 fully saturated rings. The van der Waals surface area contributed by atoms with Crippen LogP contribution in [0.3, 0.4) is 0 Å². The van der Waals surface area contributed by atoms with Gasteiger partial charge in [-0.1, -0.05) is 39.7 Å². The number of aliphatic imine (C=N–C) groups is 1. The lowest BCUT2D eigenvalue weighted by atomic mass is 10.1. The summed E-state index contributed by atoms with van der Waals surface area (Å²) in [5.74, 6) is -0.174. The average molecular weight is 456 g/mol. The molecule has 0 radical (unpaired) electrons. The SMILES string of the molecule is O=C1/C(=C\c2cccc(Br)c2)N=C(c2ccc(F)cc2)N1c1ccc(Cl)cc1. The number of amides is 1. The minimum atomic E-state index is -0.350. The molecule has 3 aromatic rings. The van der Waals surface area contributed by atoms with E-state index in [9.17, 15) is 9.18 Å². The van der Waals surface area contributed by atoms with E-state index < -0.39 is 0 Å². The summed E-state index contributed by atoms with van der Waals surface area (Å²) in [6.45, 7) is 0. The molecule has 0 unspecified atom stereocenters. The first-order valence-corrected chi connectivity index (χ1v) is 9.60. The average Bonchev–Trinajstić information content (AvgIpc) is 2.99. The highest BCUT2D eigenvalue weighted by molar-refractivity contribution is 9.10. The van der Waals surface area contributed by atoms with Crippen LogP contribution in [0.2, 0.25) is 5.02 Å². The maximum atomic E-state index is 13.4. The number of benzene rings is 3. The molecule has 0 N–H and O–H groups in total. The minimum absolute atomic E-state index is 0.262. The van der Waals surface area contributed by atoms with E-state index in [-0.39, 0.29) is 11.7 Å². The zero-order valence-corrected chi connectivity index (χ0v) is 16.8. The lowest BCUT2D eigenvalue weighted by Crippen LogP contribution is -2.32. The van der Waals surface area contributed by atoms with Crippen molar-refractivity contribution in [2.75, 3.05) is 4.90 Å². The lowest BCUT2D eigenvalue weighted by molar-refractivity contribution is -0.113. The first-order chi connectivity index (χ1) is 13.5. The molecule has 0 saturated heterocycles. The van der Waals surface area contributed by atoms with Crippen LogP contribution in [0, 0.1) is 5.82 Å². The molecule has 4 rings (SSSR count). The summed E-state index contributed by atoms with van der Waals surface area (Å²) in [6, 6.07) is 20.4. The van der Waals surface area contributed by atoms with Crippen molar-refractivity contribution in [1.82, 2.24) is 0 Å². The Bertz CT molecular complexity index is 1110. The molecule has 0 aromatic heterocycles. The number of amidine groups is 1. The molecule has 0 bridgehead atoms. The molecule has 1 aliphatic rings. The number of hydrogen-bond acceptors (Lipinski definition) is 2. The Morgan fingerprint density at radius 1 is 1.00 bits per heavy atom. The van der Waals surface area contributed by atoms with Gasteiger partial charge in [-0.05, 0) is 72.3 Å². The number of anilines is 1. The van der Waals surface area contributed by atoms with E-state index >= 15 is 0 Å². The van der Waals surface area contributed by atoms with Crippen LogP contribution in [0.5, 0.6) is 0 Å². The zero-order valence-electron chi connectivity index (χ0n) is 14.4. The van der Waals surface area contributed by atoms with Crippen molar-refractivity contribution < 1.29 is 9.18 Å². The Hall–Kier alpha value is -2.76. The van der Waals surface area contributed by atoms with Crippen molar-refractivity contribution in [2.45, 2.75) is 0 Å². The third kappa shape index (κ3) is 3.77. The number of hydrogen-bond donors (Lipinski definition) is 0. The van der Waals surface area contributed by atoms with E-state index in [0.717, 1.165) is 10.0 Å². The van der Waals surface area contributed by atoms with E-state index in [1.807, 2.05) is 24.3 Å². The first-order valence-electron chi connectivity index (χ1n) is 8.43. The molecule has 138 valence electrons. The molecular formula is C22H13BrClFN2O. The minimum Gasteiger partial charge on any atom is -0.266 e. The van der Waals surface area contributed by atoms with Gasteiger partial charge in [-0.25, -0.2) is 9.38 Å². The number of nitrogens with zero attached hydrogens (tertiary/aromatic N) is 2. The second-order valence-electron chi connectivity index (χ2n) is 6.14. The Labute approximate surface area is 174 Å². The predicted octanol–water partition coefficient (Wildman–Crippen LogP) is 6.08. The smallest absolute Gasteiger partial charge is 0.266 e. The molecule has 28 heavy (non-hydrogen) atoms. The van der Waals surface area contributed by atoms with Crippen LogP contribution in [0.1, 0.15) is 11.1 Å². The van der Waals surface area contributed by atoms with Gasteiger partial charge in [0.1, 0.15) is 17.3 Å². The summed E-state index contributed by atoms with van der Waals surface area (Å²) < 4.78 is 14.3. The molecule has 0 atom stereocenters. The van der Waals surface area contributed by atoms with Crippen LogP contribution >= 0.6 is 27.5 Å². The van der Waals surface area contributed by atoms with Crippen LogP contribution in [0.25, 0.3) is 6.08 Å². The van der Waals surface area contributed by atoms with Crippen molar-refractivity contribution in [3.05, 3.63) is 105 Å². The highest BCUT2D eigenvalue weighted by Gasteiger charge is 2.32. The number of rotatable bonds is 3. The molecule has 1 heterocycles. The number of carbonyl (C=O) groups is 1. The van der Waals surface area contributed by atoms with Gasteiger partial charge in [-0.2, -0.15) is 0 Å². The van der Waals surface area contributed by atoms with Crippen LogP contribution in [0.4, 0.5) is 10.1 Å².